The van der Waals surface area contributed by atoms with Crippen LogP contribution in [0, 0.1) is 6.92 Å². The Morgan fingerprint density at radius 1 is 0.379 bits per heavy atom. The van der Waals surface area contributed by atoms with Crippen molar-refractivity contribution in [3.05, 3.63) is 240 Å². The first-order chi connectivity index (χ1) is 28.7. The maximum absolute atomic E-state index is 5.71. The van der Waals surface area contributed by atoms with Crippen LogP contribution >= 0.6 is 0 Å². The third-order valence-corrected chi connectivity index (χ3v) is 12.1. The van der Waals surface area contributed by atoms with Crippen LogP contribution in [-0.4, -0.2) is 9.97 Å². The van der Waals surface area contributed by atoms with Gasteiger partial charge in [-0.05, 0) is 90.7 Å². The van der Waals surface area contributed by atoms with E-state index in [-0.39, 0.29) is 0 Å². The van der Waals surface area contributed by atoms with Crippen molar-refractivity contribution in [3.8, 4) is 56.0 Å². The monoisotopic (exact) mass is 738 g/mol. The van der Waals surface area contributed by atoms with Crippen LogP contribution in [0.4, 0.5) is 0 Å². The van der Waals surface area contributed by atoms with E-state index in [2.05, 4.69) is 219 Å². The van der Waals surface area contributed by atoms with Crippen LogP contribution in [0.5, 0.6) is 0 Å². The zero-order valence-corrected chi connectivity index (χ0v) is 32.1. The van der Waals surface area contributed by atoms with Gasteiger partial charge in [0.05, 0.1) is 16.8 Å². The fourth-order valence-electron chi connectivity index (χ4n) is 9.36. The number of hydrogen-bond acceptors (Lipinski definition) is 2. The van der Waals surface area contributed by atoms with E-state index in [1.54, 1.807) is 0 Å². The van der Waals surface area contributed by atoms with Crippen LogP contribution in [0.1, 0.15) is 27.9 Å². The minimum absolute atomic E-state index is 0.716. The predicted molar refractivity (Wildman–Crippen MR) is 241 cm³/mol. The summed E-state index contributed by atoms with van der Waals surface area (Å²) in [6, 6.07) is 76.8. The lowest BCUT2D eigenvalue weighted by Gasteiger charge is -2.34. The van der Waals surface area contributed by atoms with Crippen molar-refractivity contribution in [3.63, 3.8) is 0 Å². The highest BCUT2D eigenvalue weighted by atomic mass is 14.9. The number of aryl methyl sites for hydroxylation is 1. The van der Waals surface area contributed by atoms with Gasteiger partial charge in [-0.2, -0.15) is 0 Å². The zero-order valence-electron chi connectivity index (χ0n) is 32.1. The minimum Gasteiger partial charge on any atom is -0.231 e. The van der Waals surface area contributed by atoms with E-state index in [0.29, 0.717) is 5.82 Å². The second-order valence-electron chi connectivity index (χ2n) is 15.3. The number of fused-ring (bicyclic) bond motifs is 5. The van der Waals surface area contributed by atoms with Gasteiger partial charge >= 0.3 is 0 Å². The topological polar surface area (TPSA) is 25.8 Å². The van der Waals surface area contributed by atoms with Gasteiger partial charge in [0.2, 0.25) is 0 Å². The lowest BCUT2D eigenvalue weighted by molar-refractivity contribution is 0.730. The van der Waals surface area contributed by atoms with Gasteiger partial charge in [-0.1, -0.05) is 200 Å². The molecule has 0 saturated carbocycles. The van der Waals surface area contributed by atoms with Gasteiger partial charge in [-0.15, -0.1) is 0 Å². The molecule has 1 aliphatic rings. The van der Waals surface area contributed by atoms with Crippen LogP contribution in [0.2, 0.25) is 0 Å². The summed E-state index contributed by atoms with van der Waals surface area (Å²) in [5.74, 6) is 0.716. The summed E-state index contributed by atoms with van der Waals surface area (Å²) in [5, 5.41) is 4.86. The molecule has 0 fully saturated rings. The Morgan fingerprint density at radius 2 is 0.966 bits per heavy atom. The molecule has 0 bridgehead atoms. The van der Waals surface area contributed by atoms with E-state index in [0.717, 1.165) is 39.2 Å². The maximum atomic E-state index is 5.71. The van der Waals surface area contributed by atoms with Crippen LogP contribution in [0.25, 0.3) is 77.6 Å². The Labute approximate surface area is 338 Å². The van der Waals surface area contributed by atoms with Crippen LogP contribution in [0.15, 0.2) is 212 Å². The molecule has 10 aromatic rings. The van der Waals surface area contributed by atoms with Crippen molar-refractivity contribution in [1.29, 1.82) is 0 Å². The van der Waals surface area contributed by atoms with E-state index in [1.807, 2.05) is 0 Å². The van der Waals surface area contributed by atoms with E-state index >= 15 is 0 Å². The van der Waals surface area contributed by atoms with E-state index in [4.69, 9.17) is 9.97 Å². The van der Waals surface area contributed by atoms with Gasteiger partial charge in [-0.25, -0.2) is 9.97 Å². The molecule has 11 rings (SSSR count). The summed E-state index contributed by atoms with van der Waals surface area (Å²) < 4.78 is 0. The SMILES string of the molecule is Cc1ccccc1C1(c2cccc(-c3ccc(-c4ccc5ccccc5c4)cc3)c2)c2ccccc2-c2c(-c3cccc4ccccc34)nc(-c3ccccc3)nc21. The second-order valence-corrected chi connectivity index (χ2v) is 15.3. The van der Waals surface area contributed by atoms with E-state index in [9.17, 15) is 0 Å². The highest BCUT2D eigenvalue weighted by molar-refractivity contribution is 6.02. The number of benzene rings is 9. The second kappa shape index (κ2) is 13.7. The third kappa shape index (κ3) is 5.33. The van der Waals surface area contributed by atoms with Crippen molar-refractivity contribution in [1.82, 2.24) is 9.97 Å². The number of nitrogens with zero attached hydrogens (tertiary/aromatic N) is 2. The Hall–Kier alpha value is -7.42. The molecule has 1 unspecified atom stereocenters. The summed E-state index contributed by atoms with van der Waals surface area (Å²) in [6.07, 6.45) is 0. The number of aromatic nitrogens is 2. The molecule has 58 heavy (non-hydrogen) atoms. The summed E-state index contributed by atoms with van der Waals surface area (Å²) in [6.45, 7) is 2.23. The molecule has 1 aliphatic carbocycles. The van der Waals surface area contributed by atoms with Gasteiger partial charge in [0, 0.05) is 16.7 Å². The molecule has 2 nitrogen and oxygen atoms in total. The molecule has 1 heterocycles. The predicted octanol–water partition coefficient (Wildman–Crippen LogP) is 14.1. The Bertz CT molecular complexity index is 3180. The summed E-state index contributed by atoms with van der Waals surface area (Å²) >= 11 is 0. The van der Waals surface area contributed by atoms with E-state index < -0.39 is 5.41 Å². The van der Waals surface area contributed by atoms with Crippen LogP contribution in [0.3, 0.4) is 0 Å². The first kappa shape index (κ1) is 33.9. The molecule has 0 N–H and O–H groups in total. The average Bonchev–Trinajstić information content (AvgIpc) is 3.60. The number of rotatable bonds is 6. The molecule has 0 radical (unpaired) electrons. The number of hydrogen-bond donors (Lipinski definition) is 0. The Kier molecular flexibility index (Phi) is 7.97. The normalized spacial score (nSPS) is 14.4. The highest BCUT2D eigenvalue weighted by Gasteiger charge is 2.50. The summed E-state index contributed by atoms with van der Waals surface area (Å²) in [5.41, 5.74) is 15.1. The first-order valence-corrected chi connectivity index (χ1v) is 20.0. The largest absolute Gasteiger partial charge is 0.231 e. The molecule has 272 valence electrons. The highest BCUT2D eigenvalue weighted by Crippen LogP contribution is 2.58. The van der Waals surface area contributed by atoms with Crippen molar-refractivity contribution in [2.24, 2.45) is 0 Å². The lowest BCUT2D eigenvalue weighted by Crippen LogP contribution is -2.31. The zero-order chi connectivity index (χ0) is 38.6. The van der Waals surface area contributed by atoms with Gasteiger partial charge in [0.25, 0.3) is 0 Å². The van der Waals surface area contributed by atoms with Crippen molar-refractivity contribution in [2.45, 2.75) is 12.3 Å². The molecule has 1 aromatic heterocycles. The molecular formula is C56H38N2. The molecule has 0 amide bonds. The Morgan fingerprint density at radius 3 is 1.78 bits per heavy atom. The van der Waals surface area contributed by atoms with Gasteiger partial charge in [0.15, 0.2) is 5.82 Å². The van der Waals surface area contributed by atoms with Gasteiger partial charge < -0.3 is 0 Å². The van der Waals surface area contributed by atoms with Crippen LogP contribution < -0.4 is 0 Å². The quantitative estimate of drug-likeness (QED) is 0.170. The molecular weight excluding hydrogens is 701 g/mol. The smallest absolute Gasteiger partial charge is 0.160 e. The summed E-state index contributed by atoms with van der Waals surface area (Å²) in [4.78, 5) is 11.2. The molecule has 0 spiro atoms. The molecule has 1 atom stereocenters. The van der Waals surface area contributed by atoms with Gasteiger partial charge in [0.1, 0.15) is 0 Å². The van der Waals surface area contributed by atoms with Crippen molar-refractivity contribution in [2.75, 3.05) is 0 Å². The van der Waals surface area contributed by atoms with Crippen molar-refractivity contribution >= 4 is 21.5 Å². The summed E-state index contributed by atoms with van der Waals surface area (Å²) in [7, 11) is 0. The van der Waals surface area contributed by atoms with Gasteiger partial charge in [-0.3, -0.25) is 0 Å². The minimum atomic E-state index is -0.732. The molecule has 0 saturated heterocycles. The van der Waals surface area contributed by atoms with Crippen molar-refractivity contribution < 1.29 is 0 Å². The standard InChI is InChI=1S/C56H38N2/c1-37-15-5-11-27-50(37)56(46-23-13-22-44(36-46)39-29-31-40(32-30-39)45-34-33-38-16-6-7-20-43(38)35-45)51-28-12-10-25-49(51)52-53(48-26-14-21-41-17-8-9-24-47(41)48)57-55(58-54(52)56)42-18-3-2-4-19-42/h2-36H,1H3. The first-order valence-electron chi connectivity index (χ1n) is 20.0. The maximum Gasteiger partial charge on any atom is 0.160 e. The molecule has 0 aliphatic heterocycles. The van der Waals surface area contributed by atoms with E-state index in [1.165, 1.54) is 60.5 Å². The fraction of sp³-hybridized carbons (Fsp3) is 0.0357. The van der Waals surface area contributed by atoms with Crippen LogP contribution in [-0.2, 0) is 5.41 Å². The fourth-order valence-corrected chi connectivity index (χ4v) is 9.36. The lowest BCUT2D eigenvalue weighted by atomic mass is 9.67. The molecule has 9 aromatic carbocycles. The third-order valence-electron chi connectivity index (χ3n) is 12.1. The molecule has 2 heteroatoms. The Balaban J connectivity index is 1.17. The average molecular weight is 739 g/mol.